The fourth-order valence-electron chi connectivity index (χ4n) is 4.38. The van der Waals surface area contributed by atoms with Crippen LogP contribution in [0.4, 0.5) is 0 Å². The summed E-state index contributed by atoms with van der Waals surface area (Å²) in [6.07, 6.45) is 4.53. The van der Waals surface area contributed by atoms with Gasteiger partial charge in [0.25, 0.3) is 0 Å². The van der Waals surface area contributed by atoms with Crippen LogP contribution in [0.1, 0.15) is 37.7 Å². The number of thiocyanates is 1. The molecule has 1 fully saturated rings. The fourth-order valence-corrected chi connectivity index (χ4v) is 4.76. The Morgan fingerprint density at radius 2 is 1.41 bits per heavy atom. The lowest BCUT2D eigenvalue weighted by Crippen LogP contribution is -2.56. The molecule has 0 bridgehead atoms. The van der Waals surface area contributed by atoms with Gasteiger partial charge >= 0.3 is 17.9 Å². The van der Waals surface area contributed by atoms with Gasteiger partial charge in [-0.3, -0.25) is 24.2 Å². The molecule has 1 aromatic rings. The predicted molar refractivity (Wildman–Crippen MR) is 118 cm³/mol. The van der Waals surface area contributed by atoms with Crippen molar-refractivity contribution in [3.8, 4) is 5.40 Å². The zero-order chi connectivity index (χ0) is 23.5. The molecule has 3 N–H and O–H groups in total. The molecule has 0 radical (unpaired) electrons. The summed E-state index contributed by atoms with van der Waals surface area (Å²) in [4.78, 5) is 38.4. The van der Waals surface area contributed by atoms with Crippen LogP contribution in [0.15, 0.2) is 29.2 Å². The van der Waals surface area contributed by atoms with Crippen molar-refractivity contribution in [2.75, 3.05) is 26.2 Å². The van der Waals surface area contributed by atoms with E-state index in [-0.39, 0.29) is 31.7 Å². The van der Waals surface area contributed by atoms with Crippen molar-refractivity contribution >= 4 is 29.7 Å². The summed E-state index contributed by atoms with van der Waals surface area (Å²) in [5.41, 5.74) is 1.08. The number of aliphatic carboxylic acids is 3. The Morgan fingerprint density at radius 1 is 0.906 bits per heavy atom. The highest BCUT2D eigenvalue weighted by Crippen LogP contribution is 2.28. The van der Waals surface area contributed by atoms with Crippen molar-refractivity contribution in [2.45, 2.75) is 55.5 Å². The maximum Gasteiger partial charge on any atom is 0.317 e. The third kappa shape index (κ3) is 8.49. The summed E-state index contributed by atoms with van der Waals surface area (Å²) >= 11 is 1.09. The van der Waals surface area contributed by atoms with E-state index in [2.05, 4.69) is 0 Å². The van der Waals surface area contributed by atoms with Gasteiger partial charge < -0.3 is 15.3 Å². The van der Waals surface area contributed by atoms with Gasteiger partial charge in [-0.05, 0) is 61.7 Å². The third-order valence-corrected chi connectivity index (χ3v) is 6.24. The summed E-state index contributed by atoms with van der Waals surface area (Å²) < 4.78 is 0. The highest BCUT2D eigenvalue weighted by Gasteiger charge is 2.36. The molecule has 0 heterocycles. The van der Waals surface area contributed by atoms with Crippen LogP contribution >= 0.6 is 11.8 Å². The summed E-state index contributed by atoms with van der Waals surface area (Å²) in [5, 5.41) is 38.7. The smallest absolute Gasteiger partial charge is 0.317 e. The molecular weight excluding hydrogens is 434 g/mol. The molecule has 0 aromatic heterocycles. The Hall–Kier alpha value is -2.61. The summed E-state index contributed by atoms with van der Waals surface area (Å²) in [6.45, 7) is -0.439. The lowest BCUT2D eigenvalue weighted by atomic mass is 9.87. The van der Waals surface area contributed by atoms with E-state index in [0.29, 0.717) is 25.8 Å². The highest BCUT2D eigenvalue weighted by atomic mass is 32.2. The van der Waals surface area contributed by atoms with Crippen LogP contribution in [0.2, 0.25) is 0 Å². The van der Waals surface area contributed by atoms with Crippen LogP contribution in [0.3, 0.4) is 0 Å². The Kier molecular flexibility index (Phi) is 10.5. The third-order valence-electron chi connectivity index (χ3n) is 5.64. The minimum absolute atomic E-state index is 0.174. The molecule has 174 valence electrons. The van der Waals surface area contributed by atoms with Crippen LogP contribution < -0.4 is 0 Å². The summed E-state index contributed by atoms with van der Waals surface area (Å²) in [7, 11) is 0. The standard InChI is InChI=1S/C22H29N3O6S/c23-15-32-17-9-7-16(8-10-17)4-3-11-24(12-20(26)27)18-5-1-2-6-19(18)25(13-21(28)29)14-22(30)31/h7-10,18-19H,1-6,11-14H2,(H,26,27)(H,28,29)(H,30,31). The molecule has 1 saturated carbocycles. The van der Waals surface area contributed by atoms with Gasteiger partial charge in [0, 0.05) is 17.0 Å². The van der Waals surface area contributed by atoms with E-state index in [1.165, 1.54) is 4.90 Å². The molecule has 2 atom stereocenters. The summed E-state index contributed by atoms with van der Waals surface area (Å²) in [5.74, 6) is -3.16. The Bertz CT molecular complexity index is 810. The average Bonchev–Trinajstić information content (AvgIpc) is 2.73. The number of carbonyl (C=O) groups is 3. The van der Waals surface area contributed by atoms with E-state index in [1.54, 1.807) is 0 Å². The minimum atomic E-state index is -1.10. The van der Waals surface area contributed by atoms with E-state index < -0.39 is 17.9 Å². The van der Waals surface area contributed by atoms with Crippen LogP contribution in [0.5, 0.6) is 0 Å². The maximum absolute atomic E-state index is 11.5. The molecule has 2 unspecified atom stereocenters. The SMILES string of the molecule is N#CSc1ccc(CCCN(CC(=O)O)C2CCCCC2N(CC(=O)O)CC(=O)O)cc1. The Labute approximate surface area is 191 Å². The number of thioether (sulfide) groups is 1. The number of hydrogen-bond donors (Lipinski definition) is 3. The first-order valence-electron chi connectivity index (χ1n) is 10.6. The number of nitriles is 1. The van der Waals surface area contributed by atoms with Crippen LogP contribution in [0.25, 0.3) is 0 Å². The van der Waals surface area contributed by atoms with Gasteiger partial charge in [0.1, 0.15) is 5.40 Å². The number of carboxylic acid groups (broad SMARTS) is 3. The van der Waals surface area contributed by atoms with Crippen molar-refractivity contribution in [1.82, 2.24) is 9.80 Å². The highest BCUT2D eigenvalue weighted by molar-refractivity contribution is 8.03. The lowest BCUT2D eigenvalue weighted by Gasteiger charge is -2.44. The molecular formula is C22H29N3O6S. The molecule has 0 amide bonds. The first kappa shape index (κ1) is 25.6. The first-order valence-corrected chi connectivity index (χ1v) is 11.4. The molecule has 0 spiro atoms. The quantitative estimate of drug-likeness (QED) is 0.295. The normalized spacial score (nSPS) is 18.4. The largest absolute Gasteiger partial charge is 0.480 e. The van der Waals surface area contributed by atoms with Crippen molar-refractivity contribution in [3.63, 3.8) is 0 Å². The number of aryl methyl sites for hydroxylation is 1. The van der Waals surface area contributed by atoms with Crippen LogP contribution in [0, 0.1) is 10.7 Å². The number of hydrogen-bond acceptors (Lipinski definition) is 7. The number of carboxylic acids is 3. The van der Waals surface area contributed by atoms with Crippen molar-refractivity contribution in [3.05, 3.63) is 29.8 Å². The van der Waals surface area contributed by atoms with Crippen LogP contribution in [-0.2, 0) is 20.8 Å². The second-order valence-corrected chi connectivity index (χ2v) is 8.77. The Balaban J connectivity index is 2.09. The maximum atomic E-state index is 11.5. The average molecular weight is 464 g/mol. The predicted octanol–water partition coefficient (Wildman–Crippen LogP) is 2.36. The second-order valence-electron chi connectivity index (χ2n) is 7.92. The van der Waals surface area contributed by atoms with Crippen LogP contribution in [-0.4, -0.2) is 81.3 Å². The van der Waals surface area contributed by atoms with E-state index in [4.69, 9.17) is 5.26 Å². The fraction of sp³-hybridized carbons (Fsp3) is 0.545. The molecule has 1 aliphatic carbocycles. The molecule has 2 rings (SSSR count). The van der Waals surface area contributed by atoms with E-state index in [1.807, 2.05) is 34.6 Å². The van der Waals surface area contributed by atoms with Gasteiger partial charge in [-0.2, -0.15) is 5.26 Å². The molecule has 32 heavy (non-hydrogen) atoms. The zero-order valence-electron chi connectivity index (χ0n) is 17.9. The number of benzene rings is 1. The van der Waals surface area contributed by atoms with Crippen molar-refractivity contribution < 1.29 is 29.7 Å². The number of rotatable bonds is 13. The van der Waals surface area contributed by atoms with Gasteiger partial charge in [0.15, 0.2) is 0 Å². The molecule has 9 nitrogen and oxygen atoms in total. The minimum Gasteiger partial charge on any atom is -0.480 e. The van der Waals surface area contributed by atoms with Gasteiger partial charge in [0.2, 0.25) is 0 Å². The topological polar surface area (TPSA) is 142 Å². The second kappa shape index (κ2) is 13.1. The van der Waals surface area contributed by atoms with Crippen molar-refractivity contribution in [1.29, 1.82) is 5.26 Å². The van der Waals surface area contributed by atoms with Gasteiger partial charge in [-0.15, -0.1) is 0 Å². The van der Waals surface area contributed by atoms with Crippen molar-refractivity contribution in [2.24, 2.45) is 0 Å². The number of nitrogens with zero attached hydrogens (tertiary/aromatic N) is 3. The molecule has 0 saturated heterocycles. The van der Waals surface area contributed by atoms with E-state index in [9.17, 15) is 29.7 Å². The lowest BCUT2D eigenvalue weighted by molar-refractivity contribution is -0.146. The van der Waals surface area contributed by atoms with E-state index >= 15 is 0 Å². The molecule has 1 aromatic carbocycles. The van der Waals surface area contributed by atoms with Gasteiger partial charge in [-0.25, -0.2) is 0 Å². The molecule has 0 aliphatic heterocycles. The Morgan fingerprint density at radius 3 is 1.91 bits per heavy atom. The molecule has 1 aliphatic rings. The van der Waals surface area contributed by atoms with E-state index in [0.717, 1.165) is 41.5 Å². The van der Waals surface area contributed by atoms with Gasteiger partial charge in [0.05, 0.1) is 19.6 Å². The van der Waals surface area contributed by atoms with Gasteiger partial charge in [-0.1, -0.05) is 25.0 Å². The molecule has 10 heteroatoms. The monoisotopic (exact) mass is 463 g/mol. The zero-order valence-corrected chi connectivity index (χ0v) is 18.7. The summed E-state index contributed by atoms with van der Waals surface area (Å²) in [6, 6.07) is 7.12. The first-order chi connectivity index (χ1) is 15.3.